The van der Waals surface area contributed by atoms with Crippen LogP contribution in [-0.2, 0) is 0 Å². The van der Waals surface area contributed by atoms with Gasteiger partial charge in [-0.15, -0.1) is 0 Å². The molecular weight excluding hydrogens is 216 g/mol. The summed E-state index contributed by atoms with van der Waals surface area (Å²) >= 11 is 0. The molecular formula is C18H28. The highest BCUT2D eigenvalue weighted by atomic mass is 14.4. The van der Waals surface area contributed by atoms with Gasteiger partial charge in [0, 0.05) is 0 Å². The third-order valence-corrected chi connectivity index (χ3v) is 5.54. The SMILES string of the molecule is CC1CCC(CC2=CC=C(C3CC3C)CC2)CC1. The van der Waals surface area contributed by atoms with E-state index >= 15 is 0 Å². The van der Waals surface area contributed by atoms with Crippen molar-refractivity contribution in [3.05, 3.63) is 23.3 Å². The fraction of sp³-hybridized carbons (Fsp3) is 0.778. The number of rotatable bonds is 3. The van der Waals surface area contributed by atoms with Crippen LogP contribution in [0.5, 0.6) is 0 Å². The van der Waals surface area contributed by atoms with Crippen LogP contribution in [0.1, 0.15) is 65.2 Å². The summed E-state index contributed by atoms with van der Waals surface area (Å²) in [6.07, 6.45) is 16.4. The molecule has 100 valence electrons. The second-order valence-corrected chi connectivity index (χ2v) is 7.22. The quantitative estimate of drug-likeness (QED) is 0.614. The fourth-order valence-corrected chi connectivity index (χ4v) is 3.92. The van der Waals surface area contributed by atoms with Gasteiger partial charge in [-0.25, -0.2) is 0 Å². The first-order chi connectivity index (χ1) is 8.72. The molecule has 0 radical (unpaired) electrons. The highest BCUT2D eigenvalue weighted by molar-refractivity contribution is 5.28. The van der Waals surface area contributed by atoms with Gasteiger partial charge in [-0.3, -0.25) is 0 Å². The predicted octanol–water partition coefficient (Wildman–Crippen LogP) is 5.51. The van der Waals surface area contributed by atoms with Crippen molar-refractivity contribution < 1.29 is 0 Å². The molecule has 3 aliphatic carbocycles. The Hall–Kier alpha value is -0.520. The Morgan fingerprint density at radius 1 is 1.00 bits per heavy atom. The van der Waals surface area contributed by atoms with Crippen LogP contribution in [0, 0.1) is 23.7 Å². The molecule has 0 aliphatic heterocycles. The Labute approximate surface area is 113 Å². The molecule has 2 atom stereocenters. The molecule has 0 amide bonds. The summed E-state index contributed by atoms with van der Waals surface area (Å²) < 4.78 is 0. The van der Waals surface area contributed by atoms with Gasteiger partial charge in [0.2, 0.25) is 0 Å². The van der Waals surface area contributed by atoms with Crippen molar-refractivity contribution in [1.29, 1.82) is 0 Å². The Bertz CT molecular complexity index is 352. The summed E-state index contributed by atoms with van der Waals surface area (Å²) in [5.74, 6) is 3.93. The normalized spacial score (nSPS) is 40.1. The molecule has 2 saturated carbocycles. The van der Waals surface area contributed by atoms with Crippen molar-refractivity contribution in [3.63, 3.8) is 0 Å². The monoisotopic (exact) mass is 244 g/mol. The lowest BCUT2D eigenvalue weighted by atomic mass is 9.78. The maximum atomic E-state index is 2.47. The molecule has 3 rings (SSSR count). The Morgan fingerprint density at radius 2 is 1.72 bits per heavy atom. The standard InChI is InChI=1S/C18H28/c1-13-3-5-15(6-4-13)12-16-7-9-17(10-8-16)18-11-14(18)2/h7,9,13-15,18H,3-6,8,10-12H2,1-2H3. The smallest absolute Gasteiger partial charge is 0.0171 e. The molecule has 0 spiro atoms. The number of hydrogen-bond donors (Lipinski definition) is 0. The van der Waals surface area contributed by atoms with Crippen molar-refractivity contribution in [2.45, 2.75) is 65.2 Å². The summed E-state index contributed by atoms with van der Waals surface area (Å²) in [4.78, 5) is 0. The van der Waals surface area contributed by atoms with Crippen LogP contribution < -0.4 is 0 Å². The van der Waals surface area contributed by atoms with Gasteiger partial charge >= 0.3 is 0 Å². The Balaban J connectivity index is 1.52. The Morgan fingerprint density at radius 3 is 2.28 bits per heavy atom. The molecule has 0 heteroatoms. The molecule has 2 unspecified atom stereocenters. The van der Waals surface area contributed by atoms with Crippen molar-refractivity contribution >= 4 is 0 Å². The molecule has 3 aliphatic rings. The zero-order valence-electron chi connectivity index (χ0n) is 12.1. The van der Waals surface area contributed by atoms with E-state index < -0.39 is 0 Å². The minimum absolute atomic E-state index is 0.957. The lowest BCUT2D eigenvalue weighted by Gasteiger charge is -2.27. The highest BCUT2D eigenvalue weighted by Crippen LogP contribution is 2.47. The van der Waals surface area contributed by atoms with Crippen molar-refractivity contribution in [3.8, 4) is 0 Å². The average molecular weight is 244 g/mol. The maximum absolute atomic E-state index is 2.47. The topological polar surface area (TPSA) is 0 Å². The summed E-state index contributed by atoms with van der Waals surface area (Å²) in [6.45, 7) is 4.82. The number of allylic oxidation sites excluding steroid dienone is 4. The van der Waals surface area contributed by atoms with Crippen LogP contribution in [0.3, 0.4) is 0 Å². The zero-order chi connectivity index (χ0) is 12.5. The van der Waals surface area contributed by atoms with Crippen LogP contribution in [0.15, 0.2) is 23.3 Å². The van der Waals surface area contributed by atoms with Gasteiger partial charge in [-0.05, 0) is 62.2 Å². The van der Waals surface area contributed by atoms with Gasteiger partial charge in [0.25, 0.3) is 0 Å². The summed E-state index contributed by atoms with van der Waals surface area (Å²) in [5.41, 5.74) is 3.50. The lowest BCUT2D eigenvalue weighted by Crippen LogP contribution is -2.13. The molecule has 0 aromatic carbocycles. The second kappa shape index (κ2) is 5.23. The third-order valence-electron chi connectivity index (χ3n) is 5.54. The zero-order valence-corrected chi connectivity index (χ0v) is 12.1. The van der Waals surface area contributed by atoms with E-state index in [0.29, 0.717) is 0 Å². The van der Waals surface area contributed by atoms with Crippen LogP contribution in [0.25, 0.3) is 0 Å². The van der Waals surface area contributed by atoms with Crippen molar-refractivity contribution in [2.24, 2.45) is 23.7 Å². The molecule has 2 fully saturated rings. The molecule has 18 heavy (non-hydrogen) atoms. The van der Waals surface area contributed by atoms with E-state index in [2.05, 4.69) is 26.0 Å². The van der Waals surface area contributed by atoms with E-state index in [1.165, 1.54) is 51.4 Å². The van der Waals surface area contributed by atoms with E-state index in [-0.39, 0.29) is 0 Å². The van der Waals surface area contributed by atoms with Gasteiger partial charge < -0.3 is 0 Å². The van der Waals surface area contributed by atoms with E-state index in [9.17, 15) is 0 Å². The van der Waals surface area contributed by atoms with Gasteiger partial charge in [0.05, 0.1) is 0 Å². The maximum Gasteiger partial charge on any atom is -0.0171 e. The minimum atomic E-state index is 0.957. The largest absolute Gasteiger partial charge is 0.0696 e. The molecule has 0 heterocycles. The molecule has 0 aromatic heterocycles. The van der Waals surface area contributed by atoms with Crippen LogP contribution in [-0.4, -0.2) is 0 Å². The van der Waals surface area contributed by atoms with Gasteiger partial charge in [-0.1, -0.05) is 50.0 Å². The predicted molar refractivity (Wildman–Crippen MR) is 78.4 cm³/mol. The number of hydrogen-bond acceptors (Lipinski definition) is 0. The van der Waals surface area contributed by atoms with Crippen molar-refractivity contribution in [2.75, 3.05) is 0 Å². The highest BCUT2D eigenvalue weighted by Gasteiger charge is 2.35. The minimum Gasteiger partial charge on any atom is -0.0696 e. The van der Waals surface area contributed by atoms with E-state index in [1.807, 2.05) is 0 Å². The van der Waals surface area contributed by atoms with Crippen LogP contribution in [0.2, 0.25) is 0 Å². The third kappa shape index (κ3) is 2.90. The summed E-state index contributed by atoms with van der Waals surface area (Å²) in [5, 5.41) is 0. The van der Waals surface area contributed by atoms with E-state index in [0.717, 1.165) is 23.7 Å². The first-order valence-electron chi connectivity index (χ1n) is 8.11. The van der Waals surface area contributed by atoms with Crippen LogP contribution in [0.4, 0.5) is 0 Å². The Kier molecular flexibility index (Phi) is 3.63. The average Bonchev–Trinajstić information content (AvgIpc) is 3.10. The first-order valence-corrected chi connectivity index (χ1v) is 8.11. The summed E-state index contributed by atoms with van der Waals surface area (Å²) in [7, 11) is 0. The fourth-order valence-electron chi connectivity index (χ4n) is 3.92. The first kappa shape index (κ1) is 12.5. The van der Waals surface area contributed by atoms with E-state index in [1.54, 1.807) is 11.1 Å². The van der Waals surface area contributed by atoms with Gasteiger partial charge in [-0.2, -0.15) is 0 Å². The van der Waals surface area contributed by atoms with E-state index in [4.69, 9.17) is 0 Å². The molecule has 0 N–H and O–H groups in total. The van der Waals surface area contributed by atoms with Crippen molar-refractivity contribution in [1.82, 2.24) is 0 Å². The lowest BCUT2D eigenvalue weighted by molar-refractivity contribution is 0.287. The van der Waals surface area contributed by atoms with Gasteiger partial charge in [0.15, 0.2) is 0 Å². The molecule has 0 saturated heterocycles. The molecule has 0 bridgehead atoms. The second-order valence-electron chi connectivity index (χ2n) is 7.22. The molecule has 0 aromatic rings. The summed E-state index contributed by atoms with van der Waals surface area (Å²) in [6, 6.07) is 0. The molecule has 0 nitrogen and oxygen atoms in total. The van der Waals surface area contributed by atoms with Crippen LogP contribution >= 0.6 is 0 Å². The van der Waals surface area contributed by atoms with Gasteiger partial charge in [0.1, 0.15) is 0 Å².